The number of nitrogens with two attached hydrogens (primary N) is 1. The van der Waals surface area contributed by atoms with Crippen LogP contribution in [0.1, 0.15) is 30.0 Å². The van der Waals surface area contributed by atoms with Crippen LogP contribution in [0.4, 0.5) is 0 Å². The van der Waals surface area contributed by atoms with Crippen LogP contribution in [0.25, 0.3) is 0 Å². The molecule has 1 saturated heterocycles. The van der Waals surface area contributed by atoms with E-state index in [2.05, 4.69) is 64.4 Å². The van der Waals surface area contributed by atoms with Gasteiger partial charge in [-0.25, -0.2) is 9.59 Å². The molecule has 0 aromatic heterocycles. The molecule has 1 aliphatic heterocycles. The van der Waals surface area contributed by atoms with Gasteiger partial charge in [0.25, 0.3) is 0 Å². The van der Waals surface area contributed by atoms with Crippen molar-refractivity contribution in [3.8, 4) is 5.75 Å². The number of carboxylic acid groups (broad SMARTS) is 2. The molecule has 1 aliphatic rings. The fourth-order valence-corrected chi connectivity index (χ4v) is 4.09. The number of rotatable bonds is 11. The van der Waals surface area contributed by atoms with Gasteiger partial charge in [-0.15, -0.1) is 0 Å². The van der Waals surface area contributed by atoms with E-state index < -0.39 is 11.9 Å². The predicted octanol–water partition coefficient (Wildman–Crippen LogP) is 3.05. The molecule has 1 unspecified atom stereocenters. The number of methoxy groups -OCH3 is 1. The topological polar surface area (TPSA) is 116 Å². The van der Waals surface area contributed by atoms with Crippen LogP contribution in [0.15, 0.2) is 66.7 Å². The monoisotopic (exact) mass is 483 g/mol. The van der Waals surface area contributed by atoms with Gasteiger partial charge in [0, 0.05) is 44.4 Å². The summed E-state index contributed by atoms with van der Waals surface area (Å²) in [7, 11) is 1.72. The van der Waals surface area contributed by atoms with Crippen LogP contribution in [0.3, 0.4) is 0 Å². The molecule has 190 valence electrons. The minimum absolute atomic E-state index is 0.452. The molecule has 1 atom stereocenters. The summed E-state index contributed by atoms with van der Waals surface area (Å²) >= 11 is 0. The highest BCUT2D eigenvalue weighted by molar-refractivity contribution is 5.89. The number of aliphatic carboxylic acids is 2. The minimum atomic E-state index is -1.26. The van der Waals surface area contributed by atoms with E-state index in [0.29, 0.717) is 18.2 Å². The largest absolute Gasteiger partial charge is 0.497 e. The predicted molar refractivity (Wildman–Crippen MR) is 137 cm³/mol. The van der Waals surface area contributed by atoms with Gasteiger partial charge in [0.1, 0.15) is 5.75 Å². The third-order valence-corrected chi connectivity index (χ3v) is 5.94. The lowest BCUT2D eigenvalue weighted by molar-refractivity contribution is -0.134. The average molecular weight is 484 g/mol. The average Bonchev–Trinajstić information content (AvgIpc) is 2.88. The van der Waals surface area contributed by atoms with E-state index >= 15 is 0 Å². The van der Waals surface area contributed by atoms with E-state index in [0.717, 1.165) is 64.3 Å². The second-order valence-electron chi connectivity index (χ2n) is 8.34. The Balaban J connectivity index is 0.000000466. The highest BCUT2D eigenvalue weighted by Gasteiger charge is 2.24. The SMILES string of the molecule is COc1ccc(C(CCc2ccccc2)N2CCN(CCCN)CC2)cc1.O=C(O)/C=C\C(=O)O. The molecule has 0 saturated carbocycles. The van der Waals surface area contributed by atoms with Crippen LogP contribution < -0.4 is 10.5 Å². The van der Waals surface area contributed by atoms with E-state index in [4.69, 9.17) is 20.7 Å². The van der Waals surface area contributed by atoms with E-state index in [1.165, 1.54) is 11.1 Å². The number of carboxylic acids is 2. The maximum absolute atomic E-state index is 9.55. The molecule has 2 aromatic carbocycles. The first-order valence-corrected chi connectivity index (χ1v) is 11.9. The van der Waals surface area contributed by atoms with Crippen LogP contribution in [0.2, 0.25) is 0 Å². The summed E-state index contributed by atoms with van der Waals surface area (Å²) < 4.78 is 5.34. The number of carbonyl (C=O) groups is 2. The smallest absolute Gasteiger partial charge is 0.328 e. The summed E-state index contributed by atoms with van der Waals surface area (Å²) in [6, 6.07) is 19.9. The maximum atomic E-state index is 9.55. The number of benzene rings is 2. The first-order valence-electron chi connectivity index (χ1n) is 11.9. The molecule has 8 nitrogen and oxygen atoms in total. The lowest BCUT2D eigenvalue weighted by atomic mass is 9.96. The minimum Gasteiger partial charge on any atom is -0.497 e. The van der Waals surface area contributed by atoms with Crippen molar-refractivity contribution in [2.24, 2.45) is 5.73 Å². The third kappa shape index (κ3) is 10.7. The van der Waals surface area contributed by atoms with Gasteiger partial charge in [-0.2, -0.15) is 0 Å². The van der Waals surface area contributed by atoms with Crippen LogP contribution in [0.5, 0.6) is 5.75 Å². The molecule has 0 bridgehead atoms. The van der Waals surface area contributed by atoms with Crippen LogP contribution >= 0.6 is 0 Å². The molecule has 35 heavy (non-hydrogen) atoms. The summed E-state index contributed by atoms with van der Waals surface area (Å²) in [4.78, 5) is 24.3. The quantitative estimate of drug-likeness (QED) is 0.418. The van der Waals surface area contributed by atoms with E-state index in [-0.39, 0.29) is 0 Å². The van der Waals surface area contributed by atoms with Gasteiger partial charge in [0.2, 0.25) is 0 Å². The zero-order valence-electron chi connectivity index (χ0n) is 20.4. The van der Waals surface area contributed by atoms with Crippen molar-refractivity contribution in [1.29, 1.82) is 0 Å². The number of ether oxygens (including phenoxy) is 1. The Kier molecular flexibility index (Phi) is 12.5. The molecule has 0 spiro atoms. The Bertz CT molecular complexity index is 894. The van der Waals surface area contributed by atoms with Crippen molar-refractivity contribution in [2.45, 2.75) is 25.3 Å². The van der Waals surface area contributed by atoms with Gasteiger partial charge < -0.3 is 25.6 Å². The first kappa shape index (κ1) is 28.0. The molecule has 1 heterocycles. The van der Waals surface area contributed by atoms with E-state index in [1.807, 2.05) is 0 Å². The Morgan fingerprint density at radius 1 is 0.971 bits per heavy atom. The Morgan fingerprint density at radius 3 is 2.09 bits per heavy atom. The molecule has 2 aromatic rings. The van der Waals surface area contributed by atoms with Crippen molar-refractivity contribution in [2.75, 3.05) is 46.4 Å². The molecule has 4 N–H and O–H groups in total. The summed E-state index contributed by atoms with van der Waals surface area (Å²) in [5.41, 5.74) is 8.47. The fraction of sp³-hybridized carbons (Fsp3) is 0.407. The summed E-state index contributed by atoms with van der Waals surface area (Å²) in [5, 5.41) is 15.6. The molecule has 3 rings (SSSR count). The highest BCUT2D eigenvalue weighted by Crippen LogP contribution is 2.28. The molecule has 0 aliphatic carbocycles. The Labute approximate surface area is 207 Å². The zero-order valence-corrected chi connectivity index (χ0v) is 20.4. The van der Waals surface area contributed by atoms with Crippen molar-refractivity contribution in [3.63, 3.8) is 0 Å². The van der Waals surface area contributed by atoms with E-state index in [9.17, 15) is 9.59 Å². The van der Waals surface area contributed by atoms with Gasteiger partial charge in [0.15, 0.2) is 0 Å². The zero-order chi connectivity index (χ0) is 25.5. The summed E-state index contributed by atoms with van der Waals surface area (Å²) in [6.07, 6.45) is 4.45. The number of nitrogens with zero attached hydrogens (tertiary/aromatic N) is 2. The summed E-state index contributed by atoms with van der Waals surface area (Å²) in [6.45, 7) is 6.43. The van der Waals surface area contributed by atoms with Crippen LogP contribution in [0, 0.1) is 0 Å². The standard InChI is InChI=1S/C23H33N3O.C4H4O4/c1-27-22-11-9-21(10-12-22)23(13-8-20-6-3-2-4-7-20)26-18-16-25(17-19-26)15-5-14-24;5-3(6)1-2-4(7)8/h2-4,6-7,9-12,23H,5,8,13-19,24H2,1H3;1-2H,(H,5,6)(H,7,8)/b;2-1-. The van der Waals surface area contributed by atoms with Gasteiger partial charge in [0.05, 0.1) is 7.11 Å². The lowest BCUT2D eigenvalue weighted by Gasteiger charge is -2.39. The maximum Gasteiger partial charge on any atom is 0.328 e. The molecule has 0 amide bonds. The van der Waals surface area contributed by atoms with Gasteiger partial charge >= 0.3 is 11.9 Å². The van der Waals surface area contributed by atoms with Crippen LogP contribution in [-0.2, 0) is 16.0 Å². The first-order chi connectivity index (χ1) is 16.9. The van der Waals surface area contributed by atoms with E-state index in [1.54, 1.807) is 7.11 Å². The van der Waals surface area contributed by atoms with Crippen molar-refractivity contribution in [1.82, 2.24) is 9.80 Å². The van der Waals surface area contributed by atoms with Crippen LogP contribution in [-0.4, -0.2) is 78.3 Å². The summed E-state index contributed by atoms with van der Waals surface area (Å²) in [5.74, 6) is -1.59. The molecular weight excluding hydrogens is 446 g/mol. The number of hydrogen-bond acceptors (Lipinski definition) is 6. The Morgan fingerprint density at radius 2 is 1.57 bits per heavy atom. The second-order valence-corrected chi connectivity index (χ2v) is 8.34. The normalized spacial score (nSPS) is 15.3. The highest BCUT2D eigenvalue weighted by atomic mass is 16.5. The second kappa shape index (κ2) is 15.7. The molecule has 8 heteroatoms. The molecule has 0 radical (unpaired) electrons. The Hall–Kier alpha value is -3.20. The third-order valence-electron chi connectivity index (χ3n) is 5.94. The number of aryl methyl sites for hydroxylation is 1. The van der Waals surface area contributed by atoms with Gasteiger partial charge in [-0.3, -0.25) is 4.90 Å². The fourth-order valence-electron chi connectivity index (χ4n) is 4.09. The van der Waals surface area contributed by atoms with Crippen molar-refractivity contribution in [3.05, 3.63) is 77.9 Å². The molecule has 1 fully saturated rings. The number of piperazine rings is 1. The van der Waals surface area contributed by atoms with Crippen molar-refractivity contribution < 1.29 is 24.5 Å². The lowest BCUT2D eigenvalue weighted by Crippen LogP contribution is -2.48. The van der Waals surface area contributed by atoms with Gasteiger partial charge in [-0.1, -0.05) is 42.5 Å². The number of hydrogen-bond donors (Lipinski definition) is 3. The molecular formula is C27H37N3O5. The van der Waals surface area contributed by atoms with Crippen molar-refractivity contribution >= 4 is 11.9 Å². The van der Waals surface area contributed by atoms with Gasteiger partial charge in [-0.05, 0) is 55.6 Å².